The largest absolute Gasteiger partial charge is 0.345 e. The first-order valence-electron chi connectivity index (χ1n) is 5.09. The van der Waals surface area contributed by atoms with Gasteiger partial charge in [0.2, 0.25) is 5.91 Å². The average Bonchev–Trinajstić information content (AvgIpc) is 3.07. The third-order valence-electron chi connectivity index (χ3n) is 2.72. The van der Waals surface area contributed by atoms with Crippen molar-refractivity contribution in [3.63, 3.8) is 0 Å². The lowest BCUT2D eigenvalue weighted by molar-refractivity contribution is -0.122. The van der Waals surface area contributed by atoms with E-state index in [0.29, 0.717) is 12.5 Å². The number of carbonyl (C=O) groups is 1. The number of terminal acetylenes is 1. The fraction of sp³-hybridized carbons (Fsp3) is 0.308. The molecule has 1 amide bonds. The summed E-state index contributed by atoms with van der Waals surface area (Å²) >= 11 is 0. The third-order valence-corrected chi connectivity index (χ3v) is 2.72. The molecule has 0 heterocycles. The Labute approximate surface area is 89.7 Å². The van der Waals surface area contributed by atoms with Gasteiger partial charge in [0.1, 0.15) is 0 Å². The molecule has 0 aliphatic heterocycles. The SMILES string of the molecule is C#CCNC(=O)[C@H]1C[C@@H]1c1ccccc1. The Balaban J connectivity index is 1.91. The zero-order chi connectivity index (χ0) is 10.7. The first kappa shape index (κ1) is 9.79. The summed E-state index contributed by atoms with van der Waals surface area (Å²) < 4.78 is 0. The molecule has 1 saturated carbocycles. The van der Waals surface area contributed by atoms with Crippen molar-refractivity contribution in [2.75, 3.05) is 6.54 Å². The summed E-state index contributed by atoms with van der Waals surface area (Å²) in [5.41, 5.74) is 1.25. The predicted octanol–water partition coefficient (Wildman–Crippen LogP) is 1.54. The first-order chi connectivity index (χ1) is 7.33. The number of hydrogen-bond donors (Lipinski definition) is 1. The summed E-state index contributed by atoms with van der Waals surface area (Å²) in [4.78, 5) is 11.5. The Hall–Kier alpha value is -1.75. The fourth-order valence-electron chi connectivity index (χ4n) is 1.82. The average molecular weight is 199 g/mol. The highest BCUT2D eigenvalue weighted by atomic mass is 16.2. The van der Waals surface area contributed by atoms with Crippen molar-refractivity contribution in [3.05, 3.63) is 35.9 Å². The van der Waals surface area contributed by atoms with E-state index in [2.05, 4.69) is 23.4 Å². The molecule has 0 unspecified atom stereocenters. The molecule has 1 N–H and O–H groups in total. The predicted molar refractivity (Wildman–Crippen MR) is 59.1 cm³/mol. The number of benzene rings is 1. The van der Waals surface area contributed by atoms with Gasteiger partial charge in [-0.25, -0.2) is 0 Å². The van der Waals surface area contributed by atoms with Gasteiger partial charge in [-0.1, -0.05) is 36.3 Å². The maximum Gasteiger partial charge on any atom is 0.224 e. The molecule has 1 fully saturated rings. The molecule has 1 aromatic rings. The lowest BCUT2D eigenvalue weighted by atomic mass is 10.1. The van der Waals surface area contributed by atoms with Crippen LogP contribution in [0, 0.1) is 18.3 Å². The van der Waals surface area contributed by atoms with Gasteiger partial charge in [-0.2, -0.15) is 0 Å². The van der Waals surface area contributed by atoms with E-state index in [-0.39, 0.29) is 11.8 Å². The lowest BCUT2D eigenvalue weighted by Crippen LogP contribution is -2.25. The van der Waals surface area contributed by atoms with Crippen molar-refractivity contribution >= 4 is 5.91 Å². The molecule has 0 saturated heterocycles. The topological polar surface area (TPSA) is 29.1 Å². The number of amides is 1. The van der Waals surface area contributed by atoms with Crippen LogP contribution in [0.5, 0.6) is 0 Å². The Morgan fingerprint density at radius 1 is 1.47 bits per heavy atom. The second-order valence-corrected chi connectivity index (χ2v) is 3.78. The van der Waals surface area contributed by atoms with E-state index < -0.39 is 0 Å². The van der Waals surface area contributed by atoms with Crippen LogP contribution in [0.25, 0.3) is 0 Å². The number of nitrogens with one attached hydrogen (secondary N) is 1. The smallest absolute Gasteiger partial charge is 0.224 e. The summed E-state index contributed by atoms with van der Waals surface area (Å²) in [5.74, 6) is 3.01. The van der Waals surface area contributed by atoms with Gasteiger partial charge in [-0.3, -0.25) is 4.79 Å². The molecule has 0 radical (unpaired) electrons. The molecule has 2 rings (SSSR count). The van der Waals surface area contributed by atoms with Gasteiger partial charge in [0.05, 0.1) is 6.54 Å². The fourth-order valence-corrected chi connectivity index (χ4v) is 1.82. The molecule has 1 aliphatic carbocycles. The molecule has 0 aromatic heterocycles. The Bertz CT molecular complexity index is 391. The van der Waals surface area contributed by atoms with Crippen molar-refractivity contribution < 1.29 is 4.79 Å². The van der Waals surface area contributed by atoms with Crippen LogP contribution in [-0.2, 0) is 4.79 Å². The molecule has 76 valence electrons. The molecule has 2 nitrogen and oxygen atoms in total. The number of rotatable bonds is 3. The van der Waals surface area contributed by atoms with Gasteiger partial charge in [0, 0.05) is 5.92 Å². The van der Waals surface area contributed by atoms with E-state index in [9.17, 15) is 4.79 Å². The highest BCUT2D eigenvalue weighted by molar-refractivity contribution is 5.83. The van der Waals surface area contributed by atoms with E-state index in [1.807, 2.05) is 18.2 Å². The van der Waals surface area contributed by atoms with Gasteiger partial charge in [0.25, 0.3) is 0 Å². The lowest BCUT2D eigenvalue weighted by Gasteiger charge is -2.00. The molecule has 2 heteroatoms. The Kier molecular flexibility index (Phi) is 2.73. The summed E-state index contributed by atoms with van der Waals surface area (Å²) in [6.07, 6.45) is 6.02. The Morgan fingerprint density at radius 3 is 2.87 bits per heavy atom. The highest BCUT2D eigenvalue weighted by Crippen LogP contribution is 2.47. The Morgan fingerprint density at radius 2 is 2.20 bits per heavy atom. The molecule has 1 aliphatic rings. The van der Waals surface area contributed by atoms with Crippen molar-refractivity contribution in [1.29, 1.82) is 0 Å². The van der Waals surface area contributed by atoms with Crippen molar-refractivity contribution in [2.24, 2.45) is 5.92 Å². The second-order valence-electron chi connectivity index (χ2n) is 3.78. The van der Waals surface area contributed by atoms with Crippen LogP contribution in [0.2, 0.25) is 0 Å². The molecule has 2 atom stereocenters. The summed E-state index contributed by atoms with van der Waals surface area (Å²) in [5, 5.41) is 2.72. The van der Waals surface area contributed by atoms with Crippen LogP contribution in [0.15, 0.2) is 30.3 Å². The van der Waals surface area contributed by atoms with Crippen LogP contribution < -0.4 is 5.32 Å². The van der Waals surface area contributed by atoms with Crippen LogP contribution >= 0.6 is 0 Å². The van der Waals surface area contributed by atoms with Crippen molar-refractivity contribution in [2.45, 2.75) is 12.3 Å². The van der Waals surface area contributed by atoms with E-state index in [4.69, 9.17) is 6.42 Å². The normalized spacial score (nSPS) is 22.9. The van der Waals surface area contributed by atoms with Crippen LogP contribution in [-0.4, -0.2) is 12.5 Å². The van der Waals surface area contributed by atoms with E-state index in [1.54, 1.807) is 0 Å². The molecular weight excluding hydrogens is 186 g/mol. The number of carbonyl (C=O) groups excluding carboxylic acids is 1. The minimum Gasteiger partial charge on any atom is -0.345 e. The molecular formula is C13H13NO. The minimum atomic E-state index is 0.0850. The van der Waals surface area contributed by atoms with E-state index >= 15 is 0 Å². The van der Waals surface area contributed by atoms with Crippen LogP contribution in [0.4, 0.5) is 0 Å². The summed E-state index contributed by atoms with van der Waals surface area (Å²) in [7, 11) is 0. The van der Waals surface area contributed by atoms with E-state index in [1.165, 1.54) is 5.56 Å². The molecule has 1 aromatic carbocycles. The van der Waals surface area contributed by atoms with Gasteiger partial charge in [-0.15, -0.1) is 6.42 Å². The molecule has 0 bridgehead atoms. The zero-order valence-corrected chi connectivity index (χ0v) is 8.44. The van der Waals surface area contributed by atoms with Crippen LogP contribution in [0.3, 0.4) is 0 Å². The standard InChI is InChI=1S/C13H13NO/c1-2-8-14-13(15)12-9-11(12)10-6-4-3-5-7-10/h1,3-7,11-12H,8-9H2,(H,14,15)/t11-,12+/m1/s1. The second kappa shape index (κ2) is 4.18. The summed E-state index contributed by atoms with van der Waals surface area (Å²) in [6.45, 7) is 0.330. The van der Waals surface area contributed by atoms with Crippen molar-refractivity contribution in [3.8, 4) is 12.3 Å². The zero-order valence-electron chi connectivity index (χ0n) is 8.44. The number of hydrogen-bond acceptors (Lipinski definition) is 1. The van der Waals surface area contributed by atoms with Crippen LogP contribution in [0.1, 0.15) is 17.9 Å². The van der Waals surface area contributed by atoms with Gasteiger partial charge >= 0.3 is 0 Å². The van der Waals surface area contributed by atoms with Crippen molar-refractivity contribution in [1.82, 2.24) is 5.32 Å². The first-order valence-corrected chi connectivity index (χ1v) is 5.09. The van der Waals surface area contributed by atoms with Gasteiger partial charge in [-0.05, 0) is 17.9 Å². The quantitative estimate of drug-likeness (QED) is 0.735. The maximum atomic E-state index is 11.5. The van der Waals surface area contributed by atoms with Gasteiger partial charge in [0.15, 0.2) is 0 Å². The molecule has 15 heavy (non-hydrogen) atoms. The third kappa shape index (κ3) is 2.19. The maximum absolute atomic E-state index is 11.5. The van der Waals surface area contributed by atoms with E-state index in [0.717, 1.165) is 6.42 Å². The van der Waals surface area contributed by atoms with Gasteiger partial charge < -0.3 is 5.32 Å². The molecule has 0 spiro atoms. The monoisotopic (exact) mass is 199 g/mol. The highest BCUT2D eigenvalue weighted by Gasteiger charge is 2.43. The minimum absolute atomic E-state index is 0.0850. The summed E-state index contributed by atoms with van der Waals surface area (Å²) in [6, 6.07) is 10.1.